The Kier molecular flexibility index (Phi) is 5.41. The Bertz CT molecular complexity index is 1010. The Morgan fingerprint density at radius 1 is 1.10 bits per heavy atom. The molecule has 0 N–H and O–H groups in total. The molecular formula is C22H25N5OS. The van der Waals surface area contributed by atoms with E-state index in [1.165, 1.54) is 22.9 Å². The lowest BCUT2D eigenvalue weighted by Gasteiger charge is -2.25. The lowest BCUT2D eigenvalue weighted by molar-refractivity contribution is -0.118. The Hall–Kier alpha value is -2.67. The first-order valence-corrected chi connectivity index (χ1v) is 10.8. The smallest absolute Gasteiger partial charge is 0.240 e. The molecule has 7 heteroatoms. The molecule has 1 aromatic heterocycles. The first kappa shape index (κ1) is 19.6. The molecular weight excluding hydrogens is 382 g/mol. The summed E-state index contributed by atoms with van der Waals surface area (Å²) in [5.41, 5.74) is 4.39. The summed E-state index contributed by atoms with van der Waals surface area (Å²) < 4.78 is 1.69. The molecule has 0 unspecified atom stereocenters. The zero-order valence-corrected chi connectivity index (χ0v) is 17.9. The number of para-hydroxylation sites is 1. The number of tetrazole rings is 1. The average Bonchev–Trinajstić information content (AvgIpc) is 3.30. The van der Waals surface area contributed by atoms with E-state index in [-0.39, 0.29) is 17.2 Å². The van der Waals surface area contributed by atoms with Crippen LogP contribution in [0.4, 0.5) is 5.69 Å². The molecule has 1 aliphatic heterocycles. The van der Waals surface area contributed by atoms with Crippen molar-refractivity contribution in [2.45, 2.75) is 56.5 Å². The van der Waals surface area contributed by atoms with Gasteiger partial charge in [0, 0.05) is 11.7 Å². The van der Waals surface area contributed by atoms with Crippen LogP contribution in [0.2, 0.25) is 0 Å². The van der Waals surface area contributed by atoms with Crippen molar-refractivity contribution in [2.24, 2.45) is 0 Å². The molecule has 150 valence electrons. The normalized spacial score (nSPS) is 16.9. The maximum absolute atomic E-state index is 13.2. The van der Waals surface area contributed by atoms with Gasteiger partial charge in [-0.15, -0.1) is 5.10 Å². The second-order valence-electron chi connectivity index (χ2n) is 7.77. The third kappa shape index (κ3) is 3.79. The van der Waals surface area contributed by atoms with Gasteiger partial charge in [0.25, 0.3) is 0 Å². The van der Waals surface area contributed by atoms with Crippen molar-refractivity contribution >= 4 is 23.4 Å². The third-order valence-electron chi connectivity index (χ3n) is 5.32. The van der Waals surface area contributed by atoms with Crippen molar-refractivity contribution in [3.05, 3.63) is 59.7 Å². The fourth-order valence-electron chi connectivity index (χ4n) is 3.72. The number of thioether (sulfide) groups is 1. The fourth-order valence-corrected chi connectivity index (χ4v) is 4.58. The molecule has 6 nitrogen and oxygen atoms in total. The first-order valence-electron chi connectivity index (χ1n) is 9.92. The van der Waals surface area contributed by atoms with Gasteiger partial charge in [-0.2, -0.15) is 4.68 Å². The van der Waals surface area contributed by atoms with E-state index in [4.69, 9.17) is 0 Å². The van der Waals surface area contributed by atoms with E-state index in [0.29, 0.717) is 11.1 Å². The minimum Gasteiger partial charge on any atom is -0.308 e. The summed E-state index contributed by atoms with van der Waals surface area (Å²) in [5, 5.41) is 12.4. The van der Waals surface area contributed by atoms with Gasteiger partial charge >= 0.3 is 0 Å². The number of fused-ring (bicyclic) bond motifs is 1. The molecule has 0 bridgehead atoms. The molecule has 0 saturated carbocycles. The highest BCUT2D eigenvalue weighted by Gasteiger charge is 2.34. The molecule has 2 aromatic carbocycles. The number of anilines is 1. The Labute approximate surface area is 175 Å². The minimum absolute atomic E-state index is 0.0807. The van der Waals surface area contributed by atoms with Gasteiger partial charge in [-0.3, -0.25) is 4.79 Å². The van der Waals surface area contributed by atoms with E-state index >= 15 is 0 Å². The summed E-state index contributed by atoms with van der Waals surface area (Å²) in [7, 11) is 0. The number of nitrogens with zero attached hydrogens (tertiary/aromatic N) is 5. The van der Waals surface area contributed by atoms with Gasteiger partial charge in [0.15, 0.2) is 0 Å². The second kappa shape index (κ2) is 7.99. The van der Waals surface area contributed by atoms with Crippen molar-refractivity contribution < 1.29 is 4.79 Å². The van der Waals surface area contributed by atoms with Gasteiger partial charge in [0.05, 0.1) is 10.9 Å². The van der Waals surface area contributed by atoms with Gasteiger partial charge in [0.1, 0.15) is 0 Å². The monoisotopic (exact) mass is 407 g/mol. The van der Waals surface area contributed by atoms with Crippen molar-refractivity contribution in [3.8, 4) is 5.69 Å². The third-order valence-corrected chi connectivity index (χ3v) is 6.34. The minimum atomic E-state index is -0.303. The molecule has 2 atom stereocenters. The summed E-state index contributed by atoms with van der Waals surface area (Å²) in [6, 6.07) is 16.5. The Morgan fingerprint density at radius 2 is 1.83 bits per heavy atom. The number of benzene rings is 2. The van der Waals surface area contributed by atoms with Crippen molar-refractivity contribution in [2.75, 3.05) is 4.90 Å². The Morgan fingerprint density at radius 3 is 2.55 bits per heavy atom. The fraction of sp³-hybridized carbons (Fsp3) is 0.364. The largest absolute Gasteiger partial charge is 0.308 e. The summed E-state index contributed by atoms with van der Waals surface area (Å²) in [4.78, 5) is 15.2. The van der Waals surface area contributed by atoms with E-state index in [1.54, 1.807) is 4.68 Å². The molecule has 29 heavy (non-hydrogen) atoms. The molecule has 3 aromatic rings. The molecule has 4 rings (SSSR count). The topological polar surface area (TPSA) is 63.9 Å². The summed E-state index contributed by atoms with van der Waals surface area (Å²) in [5.74, 6) is 0.548. The maximum atomic E-state index is 13.2. The lowest BCUT2D eigenvalue weighted by atomic mass is 10.0. The highest BCUT2D eigenvalue weighted by atomic mass is 32.2. The highest BCUT2D eigenvalue weighted by molar-refractivity contribution is 8.00. The summed E-state index contributed by atoms with van der Waals surface area (Å²) in [6.07, 6.45) is 0.888. The van der Waals surface area contributed by atoms with Crippen molar-refractivity contribution in [3.63, 3.8) is 0 Å². The second-order valence-corrected chi connectivity index (χ2v) is 9.08. The van der Waals surface area contributed by atoms with E-state index in [0.717, 1.165) is 17.8 Å². The number of aromatic nitrogens is 4. The van der Waals surface area contributed by atoms with Crippen LogP contribution in [-0.2, 0) is 11.2 Å². The van der Waals surface area contributed by atoms with E-state index in [2.05, 4.69) is 54.5 Å². The highest BCUT2D eigenvalue weighted by Crippen LogP contribution is 2.34. The van der Waals surface area contributed by atoms with Crippen LogP contribution in [0.3, 0.4) is 0 Å². The quantitative estimate of drug-likeness (QED) is 0.592. The number of hydrogen-bond acceptors (Lipinski definition) is 5. The van der Waals surface area contributed by atoms with Crippen LogP contribution in [-0.4, -0.2) is 37.4 Å². The van der Waals surface area contributed by atoms with Crippen LogP contribution in [0.1, 0.15) is 44.7 Å². The molecule has 1 amide bonds. The standard InChI is InChI=1S/C22H25N5OS/c1-14(2)17-9-11-19(12-10-17)27-22(23-24-25-27)29-16(4)21(28)26-15(3)13-18-7-5-6-8-20(18)26/h5-12,14-16H,13H2,1-4H3/t15-,16+/m0/s1. The molecule has 0 radical (unpaired) electrons. The lowest BCUT2D eigenvalue weighted by Crippen LogP contribution is -2.40. The summed E-state index contributed by atoms with van der Waals surface area (Å²) >= 11 is 1.39. The van der Waals surface area contributed by atoms with Crippen LogP contribution in [0.5, 0.6) is 0 Å². The predicted octanol–water partition coefficient (Wildman–Crippen LogP) is 4.24. The van der Waals surface area contributed by atoms with Crippen LogP contribution < -0.4 is 4.90 Å². The van der Waals surface area contributed by atoms with Gasteiger partial charge in [-0.05, 0) is 65.9 Å². The molecule has 2 heterocycles. The zero-order valence-electron chi connectivity index (χ0n) is 17.1. The first-order chi connectivity index (χ1) is 14.0. The van der Waals surface area contributed by atoms with E-state index in [1.807, 2.05) is 42.2 Å². The summed E-state index contributed by atoms with van der Waals surface area (Å²) in [6.45, 7) is 8.34. The average molecular weight is 408 g/mol. The van der Waals surface area contributed by atoms with Crippen LogP contribution in [0.25, 0.3) is 5.69 Å². The predicted molar refractivity (Wildman–Crippen MR) is 116 cm³/mol. The number of amides is 1. The number of hydrogen-bond donors (Lipinski definition) is 0. The molecule has 0 saturated heterocycles. The van der Waals surface area contributed by atoms with Crippen LogP contribution in [0.15, 0.2) is 53.7 Å². The number of carbonyl (C=O) groups excluding carboxylic acids is 1. The van der Waals surface area contributed by atoms with Gasteiger partial charge < -0.3 is 4.90 Å². The molecule has 0 aliphatic carbocycles. The Balaban J connectivity index is 1.53. The van der Waals surface area contributed by atoms with Crippen LogP contribution in [0, 0.1) is 0 Å². The van der Waals surface area contributed by atoms with E-state index < -0.39 is 0 Å². The van der Waals surface area contributed by atoms with E-state index in [9.17, 15) is 4.79 Å². The maximum Gasteiger partial charge on any atom is 0.240 e. The molecule has 1 aliphatic rings. The van der Waals surface area contributed by atoms with Crippen molar-refractivity contribution in [1.82, 2.24) is 20.2 Å². The van der Waals surface area contributed by atoms with Crippen LogP contribution >= 0.6 is 11.8 Å². The van der Waals surface area contributed by atoms with Gasteiger partial charge in [-0.25, -0.2) is 0 Å². The number of rotatable bonds is 5. The van der Waals surface area contributed by atoms with Gasteiger partial charge in [0.2, 0.25) is 11.1 Å². The molecule has 0 spiro atoms. The number of carbonyl (C=O) groups is 1. The zero-order chi connectivity index (χ0) is 20.5. The van der Waals surface area contributed by atoms with Gasteiger partial charge in [-0.1, -0.05) is 55.9 Å². The van der Waals surface area contributed by atoms with Crippen molar-refractivity contribution in [1.29, 1.82) is 0 Å². The SMILES string of the molecule is CC(C)c1ccc(-n2nnnc2S[C@H](C)C(=O)N2c3ccccc3C[C@@H]2C)cc1. The molecule has 0 fully saturated rings.